The Bertz CT molecular complexity index is 1040. The number of anilines is 1. The molecule has 1 N–H and O–H groups in total. The number of carbonyl (C=O) groups excluding carboxylic acids is 1. The van der Waals surface area contributed by atoms with E-state index in [1.165, 1.54) is 25.0 Å². The molecule has 1 aliphatic heterocycles. The number of hydrogen-bond acceptors (Lipinski definition) is 6. The number of amides is 1. The summed E-state index contributed by atoms with van der Waals surface area (Å²) in [5, 5.41) is 2.81. The van der Waals surface area contributed by atoms with Crippen LogP contribution in [0, 0.1) is 0 Å². The summed E-state index contributed by atoms with van der Waals surface area (Å²) in [6.45, 7) is 1.47. The van der Waals surface area contributed by atoms with E-state index < -0.39 is 10.0 Å². The van der Waals surface area contributed by atoms with Crippen molar-refractivity contribution in [2.75, 3.05) is 37.2 Å². The van der Waals surface area contributed by atoms with Gasteiger partial charge >= 0.3 is 0 Å². The number of benzene rings is 2. The van der Waals surface area contributed by atoms with Gasteiger partial charge in [-0.3, -0.25) is 9.10 Å². The zero-order valence-corrected chi connectivity index (χ0v) is 19.4. The third-order valence-corrected chi connectivity index (χ3v) is 7.52. The number of sulfonamides is 1. The Kier molecular flexibility index (Phi) is 7.72. The van der Waals surface area contributed by atoms with E-state index in [4.69, 9.17) is 14.2 Å². The predicted octanol–water partition coefficient (Wildman–Crippen LogP) is 3.12. The van der Waals surface area contributed by atoms with Crippen LogP contribution in [0.5, 0.6) is 11.5 Å². The van der Waals surface area contributed by atoms with Crippen LogP contribution >= 0.6 is 0 Å². The van der Waals surface area contributed by atoms with Crippen LogP contribution in [0.3, 0.4) is 0 Å². The highest BCUT2D eigenvalue weighted by Gasteiger charge is 2.28. The summed E-state index contributed by atoms with van der Waals surface area (Å²) in [6, 6.07) is 13.0. The molecule has 1 aliphatic carbocycles. The van der Waals surface area contributed by atoms with Crippen molar-refractivity contribution in [3.8, 4) is 11.5 Å². The first kappa shape index (κ1) is 23.4. The molecule has 2 aromatic rings. The van der Waals surface area contributed by atoms with Crippen LogP contribution < -0.4 is 19.1 Å². The molecule has 0 aromatic heterocycles. The Hall–Kier alpha value is -2.78. The van der Waals surface area contributed by atoms with Crippen molar-refractivity contribution in [3.63, 3.8) is 0 Å². The maximum Gasteiger partial charge on any atom is 0.264 e. The number of nitrogens with zero attached hydrogens (tertiary/aromatic N) is 1. The topological polar surface area (TPSA) is 94.2 Å². The fourth-order valence-corrected chi connectivity index (χ4v) is 5.45. The molecule has 1 saturated carbocycles. The minimum Gasteiger partial charge on any atom is -0.486 e. The van der Waals surface area contributed by atoms with Crippen LogP contribution in [0.4, 0.5) is 5.69 Å². The summed E-state index contributed by atoms with van der Waals surface area (Å²) >= 11 is 0. The third kappa shape index (κ3) is 5.97. The van der Waals surface area contributed by atoms with Gasteiger partial charge in [0.15, 0.2) is 11.5 Å². The maximum absolute atomic E-state index is 13.4. The van der Waals surface area contributed by atoms with Gasteiger partial charge < -0.3 is 19.5 Å². The van der Waals surface area contributed by atoms with Crippen LogP contribution in [0.1, 0.15) is 32.1 Å². The van der Waals surface area contributed by atoms with E-state index in [0.717, 1.165) is 17.1 Å². The van der Waals surface area contributed by atoms with E-state index in [1.54, 1.807) is 36.4 Å². The number of carbonyl (C=O) groups is 1. The number of fused-ring (bicyclic) bond motifs is 1. The molecule has 0 unspecified atom stereocenters. The van der Waals surface area contributed by atoms with E-state index in [9.17, 15) is 13.2 Å². The van der Waals surface area contributed by atoms with Crippen molar-refractivity contribution >= 4 is 21.6 Å². The van der Waals surface area contributed by atoms with Gasteiger partial charge in [-0.15, -0.1) is 0 Å². The molecule has 33 heavy (non-hydrogen) atoms. The summed E-state index contributed by atoms with van der Waals surface area (Å²) in [5.74, 6) is 0.621. The second kappa shape index (κ2) is 10.9. The van der Waals surface area contributed by atoms with Gasteiger partial charge in [0.1, 0.15) is 19.8 Å². The van der Waals surface area contributed by atoms with Gasteiger partial charge in [-0.05, 0) is 43.5 Å². The van der Waals surface area contributed by atoms with E-state index in [0.29, 0.717) is 56.1 Å². The van der Waals surface area contributed by atoms with Gasteiger partial charge in [0.25, 0.3) is 10.0 Å². The fraction of sp³-hybridized carbons (Fsp3) is 0.458. The molecule has 0 spiro atoms. The van der Waals surface area contributed by atoms with Crippen LogP contribution in [0.2, 0.25) is 0 Å². The summed E-state index contributed by atoms with van der Waals surface area (Å²) in [6.07, 6.45) is 5.66. The van der Waals surface area contributed by atoms with Gasteiger partial charge in [0.2, 0.25) is 5.91 Å². The van der Waals surface area contributed by atoms with Crippen molar-refractivity contribution in [3.05, 3.63) is 48.5 Å². The lowest BCUT2D eigenvalue weighted by Gasteiger charge is -2.26. The predicted molar refractivity (Wildman–Crippen MR) is 124 cm³/mol. The molecule has 1 amide bonds. The van der Waals surface area contributed by atoms with Gasteiger partial charge in [0, 0.05) is 19.2 Å². The minimum atomic E-state index is -3.97. The highest BCUT2D eigenvalue weighted by atomic mass is 32.2. The summed E-state index contributed by atoms with van der Waals surface area (Å²) < 4.78 is 44.9. The summed E-state index contributed by atoms with van der Waals surface area (Å²) in [4.78, 5) is 12.8. The second-order valence-corrected chi connectivity index (χ2v) is 10.00. The van der Waals surface area contributed by atoms with Gasteiger partial charge in [-0.1, -0.05) is 31.0 Å². The molecule has 178 valence electrons. The van der Waals surface area contributed by atoms with Crippen LogP contribution in [0.25, 0.3) is 0 Å². The van der Waals surface area contributed by atoms with Crippen LogP contribution in [-0.4, -0.2) is 53.3 Å². The summed E-state index contributed by atoms with van der Waals surface area (Å²) in [5.41, 5.74) is 0.336. The molecule has 2 aliphatic rings. The Morgan fingerprint density at radius 2 is 1.76 bits per heavy atom. The van der Waals surface area contributed by atoms with E-state index in [-0.39, 0.29) is 17.3 Å². The number of rotatable bonds is 10. The maximum atomic E-state index is 13.4. The number of ether oxygens (including phenoxy) is 3. The zero-order chi connectivity index (χ0) is 23.1. The normalized spacial score (nSPS) is 15.9. The molecule has 1 fully saturated rings. The van der Waals surface area contributed by atoms with E-state index in [1.807, 2.05) is 0 Å². The molecule has 0 bridgehead atoms. The number of hydrogen-bond donors (Lipinski definition) is 1. The monoisotopic (exact) mass is 474 g/mol. The molecular weight excluding hydrogens is 444 g/mol. The lowest BCUT2D eigenvalue weighted by atomic mass is 10.2. The quantitative estimate of drug-likeness (QED) is 0.532. The Balaban J connectivity index is 1.44. The molecule has 1 heterocycles. The molecule has 8 nitrogen and oxygen atoms in total. The molecule has 4 rings (SSSR count). The van der Waals surface area contributed by atoms with Crippen molar-refractivity contribution in [2.45, 2.75) is 43.1 Å². The van der Waals surface area contributed by atoms with Gasteiger partial charge in [0.05, 0.1) is 16.7 Å². The third-order valence-electron chi connectivity index (χ3n) is 5.73. The lowest BCUT2D eigenvalue weighted by molar-refractivity contribution is -0.119. The average Bonchev–Trinajstić information content (AvgIpc) is 3.36. The molecule has 2 aromatic carbocycles. The minimum absolute atomic E-state index is 0.109. The van der Waals surface area contributed by atoms with E-state index in [2.05, 4.69) is 5.32 Å². The van der Waals surface area contributed by atoms with Gasteiger partial charge in [-0.2, -0.15) is 0 Å². The van der Waals surface area contributed by atoms with Gasteiger partial charge in [-0.25, -0.2) is 8.42 Å². The zero-order valence-electron chi connectivity index (χ0n) is 18.6. The average molecular weight is 475 g/mol. The molecule has 0 atom stereocenters. The highest BCUT2D eigenvalue weighted by Crippen LogP contribution is 2.35. The second-order valence-electron chi connectivity index (χ2n) is 8.13. The smallest absolute Gasteiger partial charge is 0.264 e. The lowest BCUT2D eigenvalue weighted by Crippen LogP contribution is -2.41. The van der Waals surface area contributed by atoms with Crippen molar-refractivity contribution in [1.29, 1.82) is 0 Å². The fourth-order valence-electron chi connectivity index (χ4n) is 4.01. The Morgan fingerprint density at radius 3 is 2.52 bits per heavy atom. The van der Waals surface area contributed by atoms with Crippen molar-refractivity contribution in [2.24, 2.45) is 0 Å². The SMILES string of the molecule is O=C(CN(c1ccc2c(c1)OCCO2)S(=O)(=O)c1ccccc1)NCCCOC1CCCC1. The van der Waals surface area contributed by atoms with Crippen molar-refractivity contribution in [1.82, 2.24) is 5.32 Å². The molecular formula is C24H30N2O6S. The van der Waals surface area contributed by atoms with E-state index >= 15 is 0 Å². The largest absolute Gasteiger partial charge is 0.486 e. The first-order chi connectivity index (χ1) is 16.0. The van der Waals surface area contributed by atoms with Crippen molar-refractivity contribution < 1.29 is 27.4 Å². The molecule has 0 radical (unpaired) electrons. The number of nitrogens with one attached hydrogen (secondary N) is 1. The van der Waals surface area contributed by atoms with Crippen LogP contribution in [-0.2, 0) is 19.6 Å². The standard InChI is InChI=1S/C24H30N2O6S/c27-24(25-13-6-14-30-20-7-4-5-8-20)18-26(33(28,29)21-9-2-1-3-10-21)19-11-12-22-23(17-19)32-16-15-31-22/h1-3,9-12,17,20H,4-8,13-16,18H2,(H,25,27). The Morgan fingerprint density at radius 1 is 1.03 bits per heavy atom. The van der Waals surface area contributed by atoms with Crippen LogP contribution in [0.15, 0.2) is 53.4 Å². The highest BCUT2D eigenvalue weighted by molar-refractivity contribution is 7.92. The first-order valence-electron chi connectivity index (χ1n) is 11.4. The molecule has 9 heteroatoms. The summed E-state index contributed by atoms with van der Waals surface area (Å²) in [7, 11) is -3.97. The molecule has 0 saturated heterocycles. The first-order valence-corrected chi connectivity index (χ1v) is 12.8. The Labute approximate surface area is 194 Å².